The average Bonchev–Trinajstić information content (AvgIpc) is 3.13. The minimum absolute atomic E-state index is 0.141. The molecule has 4 N–H and O–H groups in total. The minimum atomic E-state index is -0.141. The van der Waals surface area contributed by atoms with Crippen molar-refractivity contribution >= 4 is 11.6 Å². The Labute approximate surface area is 94.4 Å². The Hall–Kier alpha value is -1.62. The van der Waals surface area contributed by atoms with Gasteiger partial charge in [-0.25, -0.2) is 0 Å². The van der Waals surface area contributed by atoms with Gasteiger partial charge in [0.15, 0.2) is 0 Å². The standard InChI is InChI=1S/C11H16N4O/c12-15-9-4-6-13-10(7-9)11(16)14-5-3-8-1-2-8/h4,6-8H,1-3,5,12H2,(H,13,15)(H,14,16). The van der Waals surface area contributed by atoms with E-state index in [9.17, 15) is 4.79 Å². The van der Waals surface area contributed by atoms with Crippen molar-refractivity contribution in [2.45, 2.75) is 19.3 Å². The molecule has 1 aliphatic rings. The molecule has 0 radical (unpaired) electrons. The van der Waals surface area contributed by atoms with Crippen LogP contribution in [0.4, 0.5) is 5.69 Å². The quantitative estimate of drug-likeness (QED) is 0.508. The third kappa shape index (κ3) is 2.93. The number of nitrogens with two attached hydrogens (primary N) is 1. The predicted molar refractivity (Wildman–Crippen MR) is 61.7 cm³/mol. The second kappa shape index (κ2) is 4.94. The lowest BCUT2D eigenvalue weighted by Crippen LogP contribution is -2.25. The first-order valence-electron chi connectivity index (χ1n) is 5.50. The summed E-state index contributed by atoms with van der Waals surface area (Å²) in [7, 11) is 0. The molecule has 16 heavy (non-hydrogen) atoms. The smallest absolute Gasteiger partial charge is 0.269 e. The molecule has 2 rings (SSSR count). The number of nitrogen functional groups attached to an aromatic ring is 1. The zero-order valence-corrected chi connectivity index (χ0v) is 9.07. The van der Waals surface area contributed by atoms with Gasteiger partial charge in [0, 0.05) is 12.7 Å². The fourth-order valence-corrected chi connectivity index (χ4v) is 1.53. The van der Waals surface area contributed by atoms with E-state index in [0.29, 0.717) is 11.4 Å². The van der Waals surface area contributed by atoms with Gasteiger partial charge in [-0.2, -0.15) is 0 Å². The van der Waals surface area contributed by atoms with Crippen LogP contribution >= 0.6 is 0 Å². The first-order chi connectivity index (χ1) is 7.79. The second-order valence-corrected chi connectivity index (χ2v) is 4.06. The Bertz CT molecular complexity index is 376. The number of pyridine rings is 1. The molecule has 1 heterocycles. The first kappa shape index (κ1) is 10.9. The van der Waals surface area contributed by atoms with Crippen molar-refractivity contribution in [1.29, 1.82) is 0 Å². The summed E-state index contributed by atoms with van der Waals surface area (Å²) in [6.07, 6.45) is 5.24. The molecule has 0 unspecified atom stereocenters. The summed E-state index contributed by atoms with van der Waals surface area (Å²) in [6.45, 7) is 0.728. The van der Waals surface area contributed by atoms with E-state index < -0.39 is 0 Å². The van der Waals surface area contributed by atoms with E-state index in [0.717, 1.165) is 18.9 Å². The molecule has 0 bridgehead atoms. The van der Waals surface area contributed by atoms with Gasteiger partial charge in [-0.05, 0) is 24.5 Å². The zero-order valence-electron chi connectivity index (χ0n) is 9.07. The van der Waals surface area contributed by atoms with Crippen LogP contribution in [-0.2, 0) is 0 Å². The molecule has 0 atom stereocenters. The van der Waals surface area contributed by atoms with Crippen molar-refractivity contribution in [3.63, 3.8) is 0 Å². The topological polar surface area (TPSA) is 80.0 Å². The molecule has 5 nitrogen and oxygen atoms in total. The Morgan fingerprint density at radius 2 is 2.38 bits per heavy atom. The molecule has 1 aromatic heterocycles. The molecule has 1 aliphatic carbocycles. The monoisotopic (exact) mass is 220 g/mol. The summed E-state index contributed by atoms with van der Waals surface area (Å²) < 4.78 is 0. The third-order valence-electron chi connectivity index (χ3n) is 2.69. The maximum absolute atomic E-state index is 11.7. The number of hydrogen-bond donors (Lipinski definition) is 3. The molecule has 86 valence electrons. The van der Waals surface area contributed by atoms with Crippen molar-refractivity contribution < 1.29 is 4.79 Å². The molecular weight excluding hydrogens is 204 g/mol. The fraction of sp³-hybridized carbons (Fsp3) is 0.455. The van der Waals surface area contributed by atoms with Crippen LogP contribution < -0.4 is 16.6 Å². The predicted octanol–water partition coefficient (Wildman–Crippen LogP) is 0.897. The van der Waals surface area contributed by atoms with Crippen LogP contribution in [0.1, 0.15) is 29.8 Å². The molecule has 1 fully saturated rings. The summed E-state index contributed by atoms with van der Waals surface area (Å²) in [4.78, 5) is 15.7. The van der Waals surface area contributed by atoms with E-state index in [-0.39, 0.29) is 5.91 Å². The highest BCUT2D eigenvalue weighted by molar-refractivity contribution is 5.93. The number of hydrogen-bond acceptors (Lipinski definition) is 4. The number of nitrogens with zero attached hydrogens (tertiary/aromatic N) is 1. The summed E-state index contributed by atoms with van der Waals surface area (Å²) in [5.41, 5.74) is 3.56. The largest absolute Gasteiger partial charge is 0.351 e. The van der Waals surface area contributed by atoms with E-state index in [2.05, 4.69) is 15.7 Å². The molecule has 1 aromatic rings. The van der Waals surface area contributed by atoms with Crippen LogP contribution in [-0.4, -0.2) is 17.4 Å². The molecule has 1 amide bonds. The lowest BCUT2D eigenvalue weighted by Gasteiger charge is -2.05. The van der Waals surface area contributed by atoms with Crippen LogP contribution in [0.5, 0.6) is 0 Å². The van der Waals surface area contributed by atoms with Gasteiger partial charge in [0.05, 0.1) is 5.69 Å². The van der Waals surface area contributed by atoms with Crippen LogP contribution in [0.25, 0.3) is 0 Å². The number of amides is 1. The third-order valence-corrected chi connectivity index (χ3v) is 2.69. The first-order valence-corrected chi connectivity index (χ1v) is 5.50. The average molecular weight is 220 g/mol. The van der Waals surface area contributed by atoms with Crippen LogP contribution in [0.15, 0.2) is 18.3 Å². The number of carbonyl (C=O) groups is 1. The normalized spacial score (nSPS) is 14.6. The van der Waals surface area contributed by atoms with Gasteiger partial charge in [0.2, 0.25) is 0 Å². The molecule has 1 saturated carbocycles. The summed E-state index contributed by atoms with van der Waals surface area (Å²) in [6, 6.07) is 3.34. The summed E-state index contributed by atoms with van der Waals surface area (Å²) in [5, 5.41) is 2.85. The number of carbonyl (C=O) groups excluding carboxylic acids is 1. The maximum Gasteiger partial charge on any atom is 0.269 e. The molecule has 0 spiro atoms. The van der Waals surface area contributed by atoms with Gasteiger partial charge in [0.1, 0.15) is 5.69 Å². The van der Waals surface area contributed by atoms with Gasteiger partial charge in [-0.3, -0.25) is 15.6 Å². The van der Waals surface area contributed by atoms with Gasteiger partial charge in [-0.15, -0.1) is 0 Å². The van der Waals surface area contributed by atoms with Crippen LogP contribution in [0.3, 0.4) is 0 Å². The number of aromatic nitrogens is 1. The number of nitrogens with one attached hydrogen (secondary N) is 2. The molecule has 0 aromatic carbocycles. The van der Waals surface area contributed by atoms with E-state index in [1.54, 1.807) is 18.3 Å². The number of anilines is 1. The van der Waals surface area contributed by atoms with Crippen LogP contribution in [0.2, 0.25) is 0 Å². The zero-order chi connectivity index (χ0) is 11.4. The molecular formula is C11H16N4O. The van der Waals surface area contributed by atoms with Crippen LogP contribution in [0, 0.1) is 5.92 Å². The van der Waals surface area contributed by atoms with Crippen molar-refractivity contribution in [3.8, 4) is 0 Å². The molecule has 0 aliphatic heterocycles. The SMILES string of the molecule is NNc1ccnc(C(=O)NCCC2CC2)c1. The Morgan fingerprint density at radius 1 is 1.56 bits per heavy atom. The highest BCUT2D eigenvalue weighted by atomic mass is 16.1. The molecule has 5 heteroatoms. The number of hydrazine groups is 1. The van der Waals surface area contributed by atoms with E-state index in [1.165, 1.54) is 12.8 Å². The maximum atomic E-state index is 11.7. The fourth-order valence-electron chi connectivity index (χ4n) is 1.53. The lowest BCUT2D eigenvalue weighted by atomic mass is 10.2. The van der Waals surface area contributed by atoms with Gasteiger partial charge >= 0.3 is 0 Å². The van der Waals surface area contributed by atoms with Gasteiger partial charge < -0.3 is 10.7 Å². The van der Waals surface area contributed by atoms with Crippen molar-refractivity contribution in [1.82, 2.24) is 10.3 Å². The van der Waals surface area contributed by atoms with E-state index >= 15 is 0 Å². The van der Waals surface area contributed by atoms with Crippen molar-refractivity contribution in [2.75, 3.05) is 12.0 Å². The number of rotatable bonds is 5. The lowest BCUT2D eigenvalue weighted by molar-refractivity contribution is 0.0948. The van der Waals surface area contributed by atoms with Gasteiger partial charge in [-0.1, -0.05) is 12.8 Å². The van der Waals surface area contributed by atoms with Gasteiger partial charge in [0.25, 0.3) is 5.91 Å². The highest BCUT2D eigenvalue weighted by Crippen LogP contribution is 2.31. The van der Waals surface area contributed by atoms with Crippen molar-refractivity contribution in [2.24, 2.45) is 11.8 Å². The Balaban J connectivity index is 1.86. The van der Waals surface area contributed by atoms with E-state index in [4.69, 9.17) is 5.84 Å². The Morgan fingerprint density at radius 3 is 3.06 bits per heavy atom. The van der Waals surface area contributed by atoms with E-state index in [1.807, 2.05) is 0 Å². The highest BCUT2D eigenvalue weighted by Gasteiger charge is 2.20. The Kier molecular flexibility index (Phi) is 3.36. The summed E-state index contributed by atoms with van der Waals surface area (Å²) >= 11 is 0. The summed E-state index contributed by atoms with van der Waals surface area (Å²) in [5.74, 6) is 5.94. The second-order valence-electron chi connectivity index (χ2n) is 4.06. The minimum Gasteiger partial charge on any atom is -0.351 e. The van der Waals surface area contributed by atoms with Crippen molar-refractivity contribution in [3.05, 3.63) is 24.0 Å². The molecule has 0 saturated heterocycles.